The van der Waals surface area contributed by atoms with Crippen molar-refractivity contribution in [3.63, 3.8) is 0 Å². The van der Waals surface area contributed by atoms with Gasteiger partial charge in [-0.05, 0) is 11.6 Å². The van der Waals surface area contributed by atoms with Gasteiger partial charge in [0.15, 0.2) is 11.2 Å². The number of nitrogens with zero attached hydrogens (tertiary/aromatic N) is 3. The van der Waals surface area contributed by atoms with E-state index in [9.17, 15) is 4.79 Å². The van der Waals surface area contributed by atoms with Gasteiger partial charge in [-0.2, -0.15) is 4.98 Å². The topological polar surface area (TPSA) is 63.6 Å². The van der Waals surface area contributed by atoms with Gasteiger partial charge in [-0.1, -0.05) is 0 Å². The van der Waals surface area contributed by atoms with Crippen LogP contribution in [-0.2, 0) is 7.05 Å². The summed E-state index contributed by atoms with van der Waals surface area (Å²) in [6.07, 6.45) is 1.30. The van der Waals surface area contributed by atoms with Crippen LogP contribution in [0.1, 0.15) is 0 Å². The van der Waals surface area contributed by atoms with Crippen molar-refractivity contribution in [1.82, 2.24) is 19.5 Å². The number of imidazole rings is 1. The summed E-state index contributed by atoms with van der Waals surface area (Å²) in [5.74, 6) is 0. The van der Waals surface area contributed by atoms with E-state index in [-0.39, 0.29) is 10.8 Å². The summed E-state index contributed by atoms with van der Waals surface area (Å²) >= 11 is 5.68. The molecule has 0 amide bonds. The molecule has 0 aliphatic carbocycles. The van der Waals surface area contributed by atoms with Crippen LogP contribution in [0.25, 0.3) is 11.2 Å². The van der Waals surface area contributed by atoms with Crippen LogP contribution in [0.15, 0.2) is 11.1 Å². The molecule has 1 N–H and O–H groups in total. The number of hydrogen-bond acceptors (Lipinski definition) is 3. The Morgan fingerprint density at radius 3 is 3.08 bits per heavy atom. The lowest BCUT2D eigenvalue weighted by molar-refractivity contribution is 0.939. The summed E-state index contributed by atoms with van der Waals surface area (Å²) in [5.41, 5.74) is 0.524. The highest BCUT2D eigenvalue weighted by molar-refractivity contribution is 6.29. The highest BCUT2D eigenvalue weighted by Gasteiger charge is 2.08. The molecule has 62 valence electrons. The van der Waals surface area contributed by atoms with Gasteiger partial charge >= 0.3 is 0 Å². The lowest BCUT2D eigenvalue weighted by Crippen LogP contribution is -2.09. The monoisotopic (exact) mass is 184 g/mol. The lowest BCUT2D eigenvalue weighted by Gasteiger charge is -1.91. The maximum Gasteiger partial charge on any atom is 0.277 e. The van der Waals surface area contributed by atoms with Gasteiger partial charge in [0.1, 0.15) is 0 Å². The number of rotatable bonds is 0. The largest absolute Gasteiger partial charge is 0.312 e. The van der Waals surface area contributed by atoms with Crippen LogP contribution in [0.2, 0.25) is 5.28 Å². The van der Waals surface area contributed by atoms with Crippen LogP contribution >= 0.6 is 11.6 Å². The lowest BCUT2D eigenvalue weighted by atomic mass is 10.5. The van der Waals surface area contributed by atoms with Crippen molar-refractivity contribution in [2.24, 2.45) is 7.05 Å². The minimum absolute atomic E-state index is 0.234. The molecule has 0 unspecified atom stereocenters. The van der Waals surface area contributed by atoms with Gasteiger partial charge in [0, 0.05) is 7.05 Å². The molecule has 0 saturated heterocycles. The fraction of sp³-hybridized carbons (Fsp3) is 0.167. The van der Waals surface area contributed by atoms with Gasteiger partial charge in [-0.3, -0.25) is 4.79 Å². The predicted octanol–water partition coefficient (Wildman–Crippen LogP) is 0.310. The molecule has 2 aromatic rings. The number of hydrogen-bond donors (Lipinski definition) is 1. The third-order valence-electron chi connectivity index (χ3n) is 1.62. The summed E-state index contributed by atoms with van der Waals surface area (Å²) in [5, 5.41) is 0.259. The summed E-state index contributed by atoms with van der Waals surface area (Å²) in [6.45, 7) is 0. The van der Waals surface area contributed by atoms with E-state index in [4.69, 9.17) is 11.6 Å². The fourth-order valence-corrected chi connectivity index (χ4v) is 1.19. The zero-order chi connectivity index (χ0) is 8.72. The van der Waals surface area contributed by atoms with Gasteiger partial charge in [-0.15, -0.1) is 0 Å². The molecule has 0 bridgehead atoms. The Labute approximate surface area is 72.0 Å². The standard InChI is InChI=1S/C6H5ClN4O/c1-11-3-4(10-6(11)7)8-2-9-5(3)12/h2H,1H3,(H,8,9,12). The quantitative estimate of drug-likeness (QED) is 0.600. The molecule has 2 heterocycles. The van der Waals surface area contributed by atoms with E-state index in [2.05, 4.69) is 15.0 Å². The predicted molar refractivity (Wildman–Crippen MR) is 44.1 cm³/mol. The minimum Gasteiger partial charge on any atom is -0.312 e. The summed E-state index contributed by atoms with van der Waals surface area (Å²) in [6, 6.07) is 0. The van der Waals surface area contributed by atoms with Gasteiger partial charge in [-0.25, -0.2) is 4.98 Å². The van der Waals surface area contributed by atoms with E-state index in [1.807, 2.05) is 0 Å². The molecule has 5 nitrogen and oxygen atoms in total. The van der Waals surface area contributed by atoms with Crippen molar-refractivity contribution < 1.29 is 0 Å². The molecule has 6 heteroatoms. The van der Waals surface area contributed by atoms with Gasteiger partial charge < -0.3 is 9.55 Å². The van der Waals surface area contributed by atoms with Crippen molar-refractivity contribution in [2.45, 2.75) is 0 Å². The Bertz CT molecular complexity index is 486. The first-order valence-electron chi connectivity index (χ1n) is 3.26. The highest BCUT2D eigenvalue weighted by atomic mass is 35.5. The Kier molecular flexibility index (Phi) is 1.41. The van der Waals surface area contributed by atoms with Gasteiger partial charge in [0.2, 0.25) is 5.28 Å². The second-order valence-electron chi connectivity index (χ2n) is 2.34. The molecule has 0 fully saturated rings. The molecule has 12 heavy (non-hydrogen) atoms. The van der Waals surface area contributed by atoms with Crippen molar-refractivity contribution in [1.29, 1.82) is 0 Å². The minimum atomic E-state index is -0.234. The number of aryl methyl sites for hydroxylation is 1. The number of halogens is 1. The third-order valence-corrected chi connectivity index (χ3v) is 1.96. The molecule has 0 saturated carbocycles. The maximum absolute atomic E-state index is 11.2. The second kappa shape index (κ2) is 2.31. The van der Waals surface area contributed by atoms with Crippen molar-refractivity contribution in [3.05, 3.63) is 22.0 Å². The zero-order valence-corrected chi connectivity index (χ0v) is 6.96. The molecule has 2 rings (SSSR count). The fourth-order valence-electron chi connectivity index (χ4n) is 1.02. The van der Waals surface area contributed by atoms with E-state index < -0.39 is 0 Å². The summed E-state index contributed by atoms with van der Waals surface area (Å²) < 4.78 is 1.49. The molecule has 0 spiro atoms. The van der Waals surface area contributed by atoms with Crippen molar-refractivity contribution in [2.75, 3.05) is 0 Å². The maximum atomic E-state index is 11.2. The van der Waals surface area contributed by atoms with E-state index in [1.165, 1.54) is 10.9 Å². The van der Waals surface area contributed by atoms with Crippen LogP contribution in [0.3, 0.4) is 0 Å². The Hall–Kier alpha value is -1.36. The molecule has 0 aromatic carbocycles. The summed E-state index contributed by atoms with van der Waals surface area (Å²) in [4.78, 5) is 21.4. The van der Waals surface area contributed by atoms with E-state index in [1.54, 1.807) is 7.05 Å². The Morgan fingerprint density at radius 2 is 2.42 bits per heavy atom. The molecule has 0 atom stereocenters. The number of fused-ring (bicyclic) bond motifs is 1. The zero-order valence-electron chi connectivity index (χ0n) is 6.21. The Balaban J connectivity index is 3.07. The molecule has 0 aliphatic heterocycles. The smallest absolute Gasteiger partial charge is 0.277 e. The van der Waals surface area contributed by atoms with Crippen molar-refractivity contribution >= 4 is 22.8 Å². The first-order chi connectivity index (χ1) is 5.70. The first-order valence-corrected chi connectivity index (χ1v) is 3.63. The third kappa shape index (κ3) is 0.831. The van der Waals surface area contributed by atoms with Crippen LogP contribution in [0.4, 0.5) is 0 Å². The number of H-pyrrole nitrogens is 1. The van der Waals surface area contributed by atoms with Gasteiger partial charge in [0.05, 0.1) is 6.33 Å². The van der Waals surface area contributed by atoms with Crippen molar-refractivity contribution in [3.8, 4) is 0 Å². The normalized spacial score (nSPS) is 10.8. The van der Waals surface area contributed by atoms with Crippen LogP contribution in [0, 0.1) is 0 Å². The second-order valence-corrected chi connectivity index (χ2v) is 2.68. The average Bonchev–Trinajstić information content (AvgIpc) is 2.29. The number of nitrogens with one attached hydrogen (secondary N) is 1. The SMILES string of the molecule is Cn1c(Cl)nc2nc[nH]c(=O)c21. The molecular weight excluding hydrogens is 180 g/mol. The first kappa shape index (κ1) is 7.30. The van der Waals surface area contributed by atoms with Crippen LogP contribution < -0.4 is 5.56 Å². The number of aromatic nitrogens is 4. The Morgan fingerprint density at radius 1 is 1.67 bits per heavy atom. The highest BCUT2D eigenvalue weighted by Crippen LogP contribution is 2.11. The molecule has 0 radical (unpaired) electrons. The van der Waals surface area contributed by atoms with Crippen LogP contribution in [0.5, 0.6) is 0 Å². The molecular formula is C6H5ClN4O. The average molecular weight is 185 g/mol. The van der Waals surface area contributed by atoms with E-state index in [0.29, 0.717) is 11.2 Å². The molecule has 2 aromatic heterocycles. The molecule has 0 aliphatic rings. The van der Waals surface area contributed by atoms with E-state index >= 15 is 0 Å². The number of aromatic amines is 1. The van der Waals surface area contributed by atoms with Gasteiger partial charge in [0.25, 0.3) is 5.56 Å². The van der Waals surface area contributed by atoms with Crippen LogP contribution in [-0.4, -0.2) is 19.5 Å². The summed E-state index contributed by atoms with van der Waals surface area (Å²) in [7, 11) is 1.66. The van der Waals surface area contributed by atoms with E-state index in [0.717, 1.165) is 0 Å².